The van der Waals surface area contributed by atoms with Crippen LogP contribution in [0.2, 0.25) is 0 Å². The predicted molar refractivity (Wildman–Crippen MR) is 119 cm³/mol. The first-order valence-electron chi connectivity index (χ1n) is 10.8. The number of rotatable bonds is 7. The molecular formula is C27H27NO2. The van der Waals surface area contributed by atoms with E-state index >= 15 is 0 Å². The molecule has 0 N–H and O–H groups in total. The van der Waals surface area contributed by atoms with Gasteiger partial charge in [0, 0.05) is 18.0 Å². The monoisotopic (exact) mass is 397 g/mol. The first-order valence-corrected chi connectivity index (χ1v) is 10.8. The molecule has 2 atom stereocenters. The first-order chi connectivity index (χ1) is 14.7. The van der Waals surface area contributed by atoms with Crippen LogP contribution in [-0.2, 0) is 13.0 Å². The summed E-state index contributed by atoms with van der Waals surface area (Å²) < 4.78 is 5.29. The number of benzene rings is 3. The van der Waals surface area contributed by atoms with Gasteiger partial charge in [-0.3, -0.25) is 4.79 Å². The lowest BCUT2D eigenvalue weighted by Gasteiger charge is -2.38. The molecule has 0 aromatic heterocycles. The molecule has 0 saturated heterocycles. The molecule has 3 aromatic carbocycles. The summed E-state index contributed by atoms with van der Waals surface area (Å²) in [5, 5.41) is 0. The highest BCUT2D eigenvalue weighted by molar-refractivity contribution is 5.99. The van der Waals surface area contributed by atoms with Gasteiger partial charge < -0.3 is 9.64 Å². The lowest BCUT2D eigenvalue weighted by molar-refractivity contribution is 0.0581. The Labute approximate surface area is 178 Å². The van der Waals surface area contributed by atoms with Crippen molar-refractivity contribution in [2.24, 2.45) is 0 Å². The Morgan fingerprint density at radius 2 is 1.67 bits per heavy atom. The molecule has 1 fully saturated rings. The summed E-state index contributed by atoms with van der Waals surface area (Å²) >= 11 is 0. The minimum absolute atomic E-state index is 0.0415. The highest BCUT2D eigenvalue weighted by atomic mass is 16.5. The third-order valence-corrected chi connectivity index (χ3v) is 6.81. The quantitative estimate of drug-likeness (QED) is 0.519. The van der Waals surface area contributed by atoms with Crippen molar-refractivity contribution >= 4 is 5.91 Å². The summed E-state index contributed by atoms with van der Waals surface area (Å²) in [5.41, 5.74) is 4.60. The minimum Gasteiger partial charge on any atom is -0.497 e. The summed E-state index contributed by atoms with van der Waals surface area (Å²) in [5.74, 6) is 1.48. The van der Waals surface area contributed by atoms with Crippen molar-refractivity contribution in [1.82, 2.24) is 4.90 Å². The molecule has 2 aliphatic rings. The molecule has 1 aliphatic carbocycles. The maximum absolute atomic E-state index is 13.5. The van der Waals surface area contributed by atoms with Crippen LogP contribution in [0.5, 0.6) is 5.75 Å². The van der Waals surface area contributed by atoms with Crippen LogP contribution in [0, 0.1) is 0 Å². The van der Waals surface area contributed by atoms with Gasteiger partial charge >= 0.3 is 0 Å². The fraction of sp³-hybridized carbons (Fsp3) is 0.296. The number of methoxy groups -OCH3 is 1. The Bertz CT molecular complexity index is 1040. The molecule has 1 heterocycles. The largest absolute Gasteiger partial charge is 0.497 e. The van der Waals surface area contributed by atoms with E-state index in [4.69, 9.17) is 4.74 Å². The number of amides is 1. The first kappa shape index (κ1) is 18.9. The van der Waals surface area contributed by atoms with Crippen LogP contribution in [0.25, 0.3) is 0 Å². The smallest absolute Gasteiger partial charge is 0.254 e. The Morgan fingerprint density at radius 3 is 2.43 bits per heavy atom. The van der Waals surface area contributed by atoms with Gasteiger partial charge in [-0.1, -0.05) is 60.7 Å². The van der Waals surface area contributed by atoms with Gasteiger partial charge in [-0.05, 0) is 60.6 Å². The molecule has 3 heteroatoms. The van der Waals surface area contributed by atoms with E-state index in [9.17, 15) is 4.79 Å². The van der Waals surface area contributed by atoms with E-state index < -0.39 is 0 Å². The molecule has 3 aromatic rings. The summed E-state index contributed by atoms with van der Waals surface area (Å²) in [6, 6.07) is 26.9. The van der Waals surface area contributed by atoms with Crippen molar-refractivity contribution in [1.29, 1.82) is 0 Å². The van der Waals surface area contributed by atoms with Crippen LogP contribution >= 0.6 is 0 Å². The number of ether oxygens (including phenoxy) is 1. The topological polar surface area (TPSA) is 29.5 Å². The zero-order valence-electron chi connectivity index (χ0n) is 17.4. The van der Waals surface area contributed by atoms with Crippen LogP contribution in [0.4, 0.5) is 0 Å². The van der Waals surface area contributed by atoms with E-state index in [1.165, 1.54) is 11.1 Å². The van der Waals surface area contributed by atoms with E-state index in [1.807, 2.05) is 24.3 Å². The van der Waals surface area contributed by atoms with Gasteiger partial charge in [-0.25, -0.2) is 0 Å². The summed E-state index contributed by atoms with van der Waals surface area (Å²) in [7, 11) is 1.68. The third-order valence-electron chi connectivity index (χ3n) is 6.81. The lowest BCUT2D eigenvalue weighted by Crippen LogP contribution is -2.46. The van der Waals surface area contributed by atoms with Crippen molar-refractivity contribution in [2.75, 3.05) is 7.11 Å². The van der Waals surface area contributed by atoms with E-state index in [1.54, 1.807) is 7.11 Å². The summed E-state index contributed by atoms with van der Waals surface area (Å²) in [6.07, 6.45) is 4.26. The molecule has 0 bridgehead atoms. The molecule has 5 rings (SSSR count). The zero-order valence-corrected chi connectivity index (χ0v) is 17.4. The van der Waals surface area contributed by atoms with Gasteiger partial charge in [-0.2, -0.15) is 0 Å². The van der Waals surface area contributed by atoms with Crippen LogP contribution in [0.15, 0.2) is 78.9 Å². The van der Waals surface area contributed by atoms with Crippen LogP contribution in [0.1, 0.15) is 52.2 Å². The lowest BCUT2D eigenvalue weighted by atomic mass is 9.89. The number of hydrogen-bond acceptors (Lipinski definition) is 2. The fourth-order valence-electron chi connectivity index (χ4n) is 5.13. The SMILES string of the molecule is COc1ccc(CN2C(=O)c3ccccc3[C@H]3C[C@]32CCCc2ccccc2)cc1. The van der Waals surface area contributed by atoms with Crippen LogP contribution < -0.4 is 4.74 Å². The van der Waals surface area contributed by atoms with E-state index in [2.05, 4.69) is 59.5 Å². The Hall–Kier alpha value is -3.07. The Balaban J connectivity index is 1.40. The molecular weight excluding hydrogens is 370 g/mol. The maximum Gasteiger partial charge on any atom is 0.254 e. The normalized spacial score (nSPS) is 21.7. The van der Waals surface area contributed by atoms with Gasteiger partial charge in [0.2, 0.25) is 0 Å². The van der Waals surface area contributed by atoms with Gasteiger partial charge in [-0.15, -0.1) is 0 Å². The second-order valence-electron chi connectivity index (χ2n) is 8.53. The van der Waals surface area contributed by atoms with Gasteiger partial charge in [0.15, 0.2) is 0 Å². The molecule has 0 spiro atoms. The van der Waals surface area contributed by atoms with E-state index in [0.29, 0.717) is 12.5 Å². The summed E-state index contributed by atoms with van der Waals surface area (Å²) in [6.45, 7) is 0.652. The number of nitrogens with zero attached hydrogens (tertiary/aromatic N) is 1. The van der Waals surface area contributed by atoms with Gasteiger partial charge in [0.1, 0.15) is 5.75 Å². The number of hydrogen-bond donors (Lipinski definition) is 0. The van der Waals surface area contributed by atoms with E-state index in [0.717, 1.165) is 42.6 Å². The number of aryl methyl sites for hydroxylation is 1. The van der Waals surface area contributed by atoms with Gasteiger partial charge in [0.25, 0.3) is 5.91 Å². The van der Waals surface area contributed by atoms with Crippen LogP contribution in [0.3, 0.4) is 0 Å². The number of fused-ring (bicyclic) bond motifs is 3. The molecule has 3 nitrogen and oxygen atoms in total. The second kappa shape index (κ2) is 7.64. The van der Waals surface area contributed by atoms with Gasteiger partial charge in [0.05, 0.1) is 12.6 Å². The molecule has 30 heavy (non-hydrogen) atoms. The summed E-state index contributed by atoms with van der Waals surface area (Å²) in [4.78, 5) is 15.7. The highest BCUT2D eigenvalue weighted by Crippen LogP contribution is 2.62. The van der Waals surface area contributed by atoms with Crippen LogP contribution in [-0.4, -0.2) is 23.5 Å². The molecule has 0 unspecified atom stereocenters. The number of carbonyl (C=O) groups is 1. The van der Waals surface area contributed by atoms with E-state index in [-0.39, 0.29) is 11.4 Å². The predicted octanol–water partition coefficient (Wildman–Crippen LogP) is 5.60. The Kier molecular flexibility index (Phi) is 4.82. The zero-order chi connectivity index (χ0) is 20.6. The fourth-order valence-corrected chi connectivity index (χ4v) is 5.13. The average Bonchev–Trinajstić information content (AvgIpc) is 3.53. The second-order valence-corrected chi connectivity index (χ2v) is 8.53. The minimum atomic E-state index is -0.0415. The van der Waals surface area contributed by atoms with Crippen molar-refractivity contribution < 1.29 is 9.53 Å². The van der Waals surface area contributed by atoms with Crippen molar-refractivity contribution in [3.63, 3.8) is 0 Å². The average molecular weight is 398 g/mol. The molecule has 0 radical (unpaired) electrons. The highest BCUT2D eigenvalue weighted by Gasteiger charge is 2.62. The van der Waals surface area contributed by atoms with Crippen molar-refractivity contribution in [2.45, 2.75) is 43.7 Å². The van der Waals surface area contributed by atoms with Crippen molar-refractivity contribution in [3.8, 4) is 5.75 Å². The third kappa shape index (κ3) is 3.28. The molecule has 1 amide bonds. The Morgan fingerprint density at radius 1 is 0.933 bits per heavy atom. The molecule has 1 aliphatic heterocycles. The standard InChI is InChI=1S/C27H27NO2/c1-30-22-15-13-21(14-16-22)19-28-26(29)24-12-6-5-11-23(24)25-18-27(25,28)17-7-10-20-8-3-2-4-9-20/h2-6,8-9,11-16,25H,7,10,17-19H2,1H3/t25-,27-/m1/s1. The molecule has 152 valence electrons. The maximum atomic E-state index is 13.5. The van der Waals surface area contributed by atoms with Crippen molar-refractivity contribution in [3.05, 3.63) is 101 Å². The number of carbonyl (C=O) groups excluding carboxylic acids is 1. The molecule has 1 saturated carbocycles.